The van der Waals surface area contributed by atoms with E-state index in [2.05, 4.69) is 20.9 Å². The summed E-state index contributed by atoms with van der Waals surface area (Å²) in [4.78, 5) is 39.9. The van der Waals surface area contributed by atoms with E-state index in [4.69, 9.17) is 17.2 Å². The van der Waals surface area contributed by atoms with Crippen molar-refractivity contribution in [2.24, 2.45) is 22.2 Å². The molecule has 0 fully saturated rings. The van der Waals surface area contributed by atoms with Gasteiger partial charge in [-0.3, -0.25) is 24.7 Å². The molecule has 0 bridgehead atoms. The van der Waals surface area contributed by atoms with Crippen LogP contribution in [0.4, 0.5) is 0 Å². The van der Waals surface area contributed by atoms with Gasteiger partial charge in [0.1, 0.15) is 6.04 Å². The molecule has 3 amide bonds. The Balaban J connectivity index is 4.89. The highest BCUT2D eigenvalue weighted by Gasteiger charge is 2.25. The Kier molecular flexibility index (Phi) is 13.7. The van der Waals surface area contributed by atoms with Gasteiger partial charge in [0.15, 0.2) is 5.96 Å². The summed E-state index contributed by atoms with van der Waals surface area (Å²) >= 11 is 0. The predicted octanol–water partition coefficient (Wildman–Crippen LogP) is -1.32. The zero-order valence-electron chi connectivity index (χ0n) is 16.4. The minimum Gasteiger partial charge on any atom is -0.370 e. The third-order valence-corrected chi connectivity index (χ3v) is 3.78. The maximum atomic E-state index is 12.7. The standard InChI is InChI=1S/C17H35N7O3/c1-3-10-21-13(8-6-11-22-17(19)20)15(26)24-14(7-4-5-9-18)16(27)23-12(2)25/h13-14,21H,3-11,18H2,1-2H3,(H,24,26)(H4,19,20,22)(H,23,25,27)/t13-,14-/m0/s1. The maximum Gasteiger partial charge on any atom is 0.249 e. The largest absolute Gasteiger partial charge is 0.370 e. The molecule has 0 aliphatic carbocycles. The van der Waals surface area contributed by atoms with Crippen molar-refractivity contribution in [1.29, 1.82) is 0 Å². The first kappa shape index (κ1) is 24.8. The maximum absolute atomic E-state index is 12.7. The van der Waals surface area contributed by atoms with E-state index in [1.807, 2.05) is 6.92 Å². The first-order valence-electron chi connectivity index (χ1n) is 9.42. The van der Waals surface area contributed by atoms with Gasteiger partial charge in [-0.15, -0.1) is 0 Å². The molecule has 10 nitrogen and oxygen atoms in total. The smallest absolute Gasteiger partial charge is 0.249 e. The normalized spacial score (nSPS) is 12.7. The second kappa shape index (κ2) is 14.9. The van der Waals surface area contributed by atoms with E-state index in [0.717, 1.165) is 12.8 Å². The molecule has 156 valence electrons. The number of hydrogen-bond acceptors (Lipinski definition) is 6. The van der Waals surface area contributed by atoms with Crippen LogP contribution in [0.1, 0.15) is 52.4 Å². The number of amides is 3. The Bertz CT molecular complexity index is 493. The minimum atomic E-state index is -0.781. The van der Waals surface area contributed by atoms with Crippen LogP contribution in [0.5, 0.6) is 0 Å². The van der Waals surface area contributed by atoms with Gasteiger partial charge in [0.25, 0.3) is 0 Å². The number of nitrogens with one attached hydrogen (secondary N) is 3. The van der Waals surface area contributed by atoms with Crippen LogP contribution < -0.4 is 33.2 Å². The first-order chi connectivity index (χ1) is 12.8. The van der Waals surface area contributed by atoms with Crippen molar-refractivity contribution in [3.05, 3.63) is 0 Å². The van der Waals surface area contributed by atoms with Crippen LogP contribution in [0.3, 0.4) is 0 Å². The molecule has 2 atom stereocenters. The van der Waals surface area contributed by atoms with Crippen LogP contribution >= 0.6 is 0 Å². The van der Waals surface area contributed by atoms with Gasteiger partial charge in [-0.05, 0) is 51.6 Å². The second-order valence-electron chi connectivity index (χ2n) is 6.35. The lowest BCUT2D eigenvalue weighted by molar-refractivity contribution is -0.134. The van der Waals surface area contributed by atoms with Crippen LogP contribution in [0.25, 0.3) is 0 Å². The fraction of sp³-hybridized carbons (Fsp3) is 0.765. The highest BCUT2D eigenvalue weighted by atomic mass is 16.2. The highest BCUT2D eigenvalue weighted by molar-refractivity contribution is 5.98. The van der Waals surface area contributed by atoms with Gasteiger partial charge in [0.2, 0.25) is 17.7 Å². The number of guanidine groups is 1. The van der Waals surface area contributed by atoms with Gasteiger partial charge in [0, 0.05) is 13.5 Å². The molecule has 10 heteroatoms. The molecule has 0 rings (SSSR count). The fourth-order valence-electron chi connectivity index (χ4n) is 2.44. The van der Waals surface area contributed by atoms with Crippen molar-refractivity contribution in [2.75, 3.05) is 19.6 Å². The van der Waals surface area contributed by atoms with Crippen LogP contribution in [0.2, 0.25) is 0 Å². The molecule has 0 spiro atoms. The van der Waals surface area contributed by atoms with Crippen LogP contribution in [-0.2, 0) is 14.4 Å². The molecule has 9 N–H and O–H groups in total. The number of nitrogens with zero attached hydrogens (tertiary/aromatic N) is 1. The molecule has 0 aliphatic heterocycles. The Morgan fingerprint density at radius 1 is 1.00 bits per heavy atom. The number of carbonyl (C=O) groups excluding carboxylic acids is 3. The molecule has 0 radical (unpaired) electrons. The van der Waals surface area contributed by atoms with E-state index in [9.17, 15) is 14.4 Å². The van der Waals surface area contributed by atoms with Crippen molar-refractivity contribution in [2.45, 2.75) is 64.5 Å². The van der Waals surface area contributed by atoms with Crippen molar-refractivity contribution < 1.29 is 14.4 Å². The van der Waals surface area contributed by atoms with Gasteiger partial charge >= 0.3 is 0 Å². The van der Waals surface area contributed by atoms with Gasteiger partial charge < -0.3 is 27.8 Å². The summed E-state index contributed by atoms with van der Waals surface area (Å²) in [5, 5.41) is 8.15. The number of nitrogens with two attached hydrogens (primary N) is 3. The number of rotatable bonds is 14. The van der Waals surface area contributed by atoms with Crippen LogP contribution in [0.15, 0.2) is 4.99 Å². The predicted molar refractivity (Wildman–Crippen MR) is 106 cm³/mol. The summed E-state index contributed by atoms with van der Waals surface area (Å²) in [6, 6.07) is -1.25. The Labute approximate surface area is 161 Å². The third-order valence-electron chi connectivity index (χ3n) is 3.78. The van der Waals surface area contributed by atoms with Gasteiger partial charge in [-0.2, -0.15) is 0 Å². The van der Waals surface area contributed by atoms with E-state index in [1.54, 1.807) is 0 Å². The Morgan fingerprint density at radius 2 is 1.67 bits per heavy atom. The van der Waals surface area contributed by atoms with Gasteiger partial charge in [-0.1, -0.05) is 6.92 Å². The van der Waals surface area contributed by atoms with Crippen molar-refractivity contribution in [3.8, 4) is 0 Å². The molecule has 0 saturated heterocycles. The topological polar surface area (TPSA) is 178 Å². The molecule has 0 heterocycles. The SMILES string of the molecule is CCCN[C@@H](CCCN=C(N)N)C(=O)N[C@@H](CCCCN)C(=O)NC(C)=O. The van der Waals surface area contributed by atoms with E-state index < -0.39 is 23.9 Å². The zero-order valence-corrected chi connectivity index (χ0v) is 16.4. The van der Waals surface area contributed by atoms with E-state index in [-0.39, 0.29) is 11.9 Å². The van der Waals surface area contributed by atoms with Crippen LogP contribution in [0, 0.1) is 0 Å². The minimum absolute atomic E-state index is 0.0124. The number of imide groups is 1. The molecule has 0 unspecified atom stereocenters. The molecule has 0 saturated carbocycles. The fourth-order valence-corrected chi connectivity index (χ4v) is 2.44. The average molecular weight is 386 g/mol. The number of carbonyl (C=O) groups is 3. The van der Waals surface area contributed by atoms with Gasteiger partial charge in [0.05, 0.1) is 6.04 Å². The van der Waals surface area contributed by atoms with Crippen molar-refractivity contribution in [1.82, 2.24) is 16.0 Å². The lowest BCUT2D eigenvalue weighted by Crippen LogP contribution is -2.53. The van der Waals surface area contributed by atoms with Gasteiger partial charge in [-0.25, -0.2) is 0 Å². The molecule has 0 aromatic rings. The lowest BCUT2D eigenvalue weighted by Gasteiger charge is -2.22. The van der Waals surface area contributed by atoms with Crippen molar-refractivity contribution in [3.63, 3.8) is 0 Å². The third kappa shape index (κ3) is 12.7. The highest BCUT2D eigenvalue weighted by Crippen LogP contribution is 2.04. The molecule has 0 aromatic heterocycles. The monoisotopic (exact) mass is 385 g/mol. The quantitative estimate of drug-likeness (QED) is 0.122. The lowest BCUT2D eigenvalue weighted by atomic mass is 10.1. The molecule has 27 heavy (non-hydrogen) atoms. The summed E-state index contributed by atoms with van der Waals surface area (Å²) in [5.41, 5.74) is 16.1. The van der Waals surface area contributed by atoms with Crippen molar-refractivity contribution >= 4 is 23.7 Å². The first-order valence-corrected chi connectivity index (χ1v) is 9.42. The molecular formula is C17H35N7O3. The number of aliphatic imine (C=N–C) groups is 1. The second-order valence-corrected chi connectivity index (χ2v) is 6.35. The van der Waals surface area contributed by atoms with Crippen LogP contribution in [-0.4, -0.2) is 55.4 Å². The van der Waals surface area contributed by atoms with E-state index >= 15 is 0 Å². The zero-order chi connectivity index (χ0) is 20.7. The molecule has 0 aliphatic rings. The Hall–Kier alpha value is -2.20. The number of unbranched alkanes of at least 4 members (excludes halogenated alkanes) is 1. The number of hydrogen-bond donors (Lipinski definition) is 6. The van der Waals surface area contributed by atoms with E-state index in [1.165, 1.54) is 6.92 Å². The average Bonchev–Trinajstić information content (AvgIpc) is 2.59. The molecular weight excluding hydrogens is 350 g/mol. The van der Waals surface area contributed by atoms with E-state index in [0.29, 0.717) is 45.3 Å². The summed E-state index contributed by atoms with van der Waals surface area (Å²) in [5.74, 6) is -1.25. The molecule has 0 aromatic carbocycles. The summed E-state index contributed by atoms with van der Waals surface area (Å²) < 4.78 is 0. The Morgan fingerprint density at radius 3 is 2.22 bits per heavy atom. The summed E-state index contributed by atoms with van der Waals surface area (Å²) in [6.07, 6.45) is 3.82. The summed E-state index contributed by atoms with van der Waals surface area (Å²) in [6.45, 7) is 4.84. The summed E-state index contributed by atoms with van der Waals surface area (Å²) in [7, 11) is 0.